The molecule has 0 bridgehead atoms. The Morgan fingerprint density at radius 1 is 1.22 bits per heavy atom. The second kappa shape index (κ2) is 9.56. The van der Waals surface area contributed by atoms with Crippen LogP contribution in [0.3, 0.4) is 0 Å². The molecule has 1 unspecified atom stereocenters. The Labute approximate surface area is 208 Å². The van der Waals surface area contributed by atoms with Gasteiger partial charge in [-0.25, -0.2) is 0 Å². The third-order valence-corrected chi connectivity index (χ3v) is 7.37. The third kappa shape index (κ3) is 6.10. The van der Waals surface area contributed by atoms with Gasteiger partial charge < -0.3 is 20.9 Å². The van der Waals surface area contributed by atoms with Gasteiger partial charge >= 0.3 is 12.1 Å². The number of amides is 4. The standard InChI is InChI=1S/C24H34F3N5O4/c1-22(2,3)17(31-21(36)24(25,26)27)20(35)32-7-6-23(4,5)10-16(32)19(34)29-12(11-28)8-14-13-9-15(13)30-18(14)33/h12-17H,6-10H2,1-5H3,(H,29,34)(H,30,33)(H,31,36)/t12-,13?,14+,15+,16-,17+/m0/s1. The number of carbonyl (C=O) groups excluding carboxylic acids is 4. The number of likely N-dealkylation sites (tertiary alicyclic amines) is 1. The molecule has 1 aliphatic carbocycles. The molecule has 1 saturated carbocycles. The number of piperidine rings is 2. The Kier molecular flexibility index (Phi) is 7.37. The van der Waals surface area contributed by atoms with E-state index in [4.69, 9.17) is 0 Å². The van der Waals surface area contributed by atoms with Crippen molar-refractivity contribution in [1.82, 2.24) is 20.9 Å². The van der Waals surface area contributed by atoms with E-state index in [0.29, 0.717) is 6.42 Å². The molecular formula is C24H34F3N5O4. The van der Waals surface area contributed by atoms with E-state index in [0.717, 1.165) is 6.42 Å². The zero-order chi connectivity index (χ0) is 27.2. The molecule has 3 rings (SSSR count). The van der Waals surface area contributed by atoms with Crippen molar-refractivity contribution in [2.24, 2.45) is 22.7 Å². The van der Waals surface area contributed by atoms with Crippen molar-refractivity contribution in [3.8, 4) is 6.07 Å². The Bertz CT molecular complexity index is 968. The molecule has 0 spiro atoms. The smallest absolute Gasteiger partial charge is 0.353 e. The van der Waals surface area contributed by atoms with Crippen LogP contribution in [0, 0.1) is 34.0 Å². The van der Waals surface area contributed by atoms with Gasteiger partial charge in [0.2, 0.25) is 17.7 Å². The summed E-state index contributed by atoms with van der Waals surface area (Å²) in [4.78, 5) is 51.8. The van der Waals surface area contributed by atoms with Crippen molar-refractivity contribution < 1.29 is 32.3 Å². The fourth-order valence-electron chi connectivity index (χ4n) is 5.10. The van der Waals surface area contributed by atoms with Gasteiger partial charge in [0.15, 0.2) is 0 Å². The molecule has 36 heavy (non-hydrogen) atoms. The summed E-state index contributed by atoms with van der Waals surface area (Å²) in [6.45, 7) is 8.51. The van der Waals surface area contributed by atoms with Crippen LogP contribution in [0.2, 0.25) is 0 Å². The summed E-state index contributed by atoms with van der Waals surface area (Å²) in [6, 6.07) is -1.38. The summed E-state index contributed by atoms with van der Waals surface area (Å²) >= 11 is 0. The maximum atomic E-state index is 13.5. The van der Waals surface area contributed by atoms with Crippen LogP contribution in [0.25, 0.3) is 0 Å². The average molecular weight is 514 g/mol. The van der Waals surface area contributed by atoms with Gasteiger partial charge in [0.1, 0.15) is 18.1 Å². The minimum atomic E-state index is -5.17. The highest BCUT2D eigenvalue weighted by molar-refractivity contribution is 5.94. The van der Waals surface area contributed by atoms with Crippen LogP contribution in [-0.4, -0.2) is 65.4 Å². The minimum absolute atomic E-state index is 0.102. The highest BCUT2D eigenvalue weighted by Crippen LogP contribution is 2.45. The molecule has 3 fully saturated rings. The van der Waals surface area contributed by atoms with Crippen molar-refractivity contribution in [2.45, 2.75) is 90.6 Å². The van der Waals surface area contributed by atoms with E-state index in [-0.39, 0.29) is 48.6 Å². The molecule has 0 aromatic carbocycles. The maximum Gasteiger partial charge on any atom is 0.471 e. The molecule has 9 nitrogen and oxygen atoms in total. The van der Waals surface area contributed by atoms with Gasteiger partial charge in [-0.15, -0.1) is 0 Å². The van der Waals surface area contributed by atoms with Crippen molar-refractivity contribution in [2.75, 3.05) is 6.54 Å². The number of fused-ring (bicyclic) bond motifs is 1. The minimum Gasteiger partial charge on any atom is -0.353 e. The molecule has 3 N–H and O–H groups in total. The van der Waals surface area contributed by atoms with Crippen molar-refractivity contribution in [3.05, 3.63) is 0 Å². The molecule has 0 aromatic rings. The molecule has 2 aliphatic heterocycles. The van der Waals surface area contributed by atoms with Crippen molar-refractivity contribution in [3.63, 3.8) is 0 Å². The second-order valence-corrected chi connectivity index (χ2v) is 12.0. The molecule has 0 aromatic heterocycles. The Hall–Kier alpha value is -2.84. The second-order valence-electron chi connectivity index (χ2n) is 12.0. The Morgan fingerprint density at radius 2 is 1.86 bits per heavy atom. The van der Waals surface area contributed by atoms with Gasteiger partial charge in [-0.3, -0.25) is 19.2 Å². The molecule has 2 saturated heterocycles. The SMILES string of the molecule is CC1(C)CCN(C(=O)[C@@H](NC(=O)C(F)(F)F)C(C)(C)C)[C@H](C(=O)N[C@H](C#N)C[C@H]2C(=O)N[C@@H]3CC32)C1. The van der Waals surface area contributed by atoms with E-state index in [1.54, 1.807) is 5.32 Å². The monoisotopic (exact) mass is 513 g/mol. The van der Waals surface area contributed by atoms with Crippen LogP contribution in [0.4, 0.5) is 13.2 Å². The van der Waals surface area contributed by atoms with Crippen LogP contribution >= 0.6 is 0 Å². The predicted molar refractivity (Wildman–Crippen MR) is 122 cm³/mol. The van der Waals surface area contributed by atoms with Crippen LogP contribution in [0.15, 0.2) is 0 Å². The fourth-order valence-corrected chi connectivity index (χ4v) is 5.10. The average Bonchev–Trinajstić information content (AvgIpc) is 3.43. The third-order valence-electron chi connectivity index (χ3n) is 7.37. The molecule has 2 heterocycles. The molecule has 200 valence electrons. The van der Waals surface area contributed by atoms with Crippen LogP contribution < -0.4 is 16.0 Å². The number of nitrogens with zero attached hydrogens (tertiary/aromatic N) is 2. The first kappa shape index (κ1) is 27.7. The van der Waals surface area contributed by atoms with Crippen LogP contribution in [0.1, 0.15) is 60.3 Å². The molecule has 3 aliphatic rings. The van der Waals surface area contributed by atoms with Gasteiger partial charge in [0, 0.05) is 18.5 Å². The highest BCUT2D eigenvalue weighted by atomic mass is 19.4. The largest absolute Gasteiger partial charge is 0.471 e. The number of hydrogen-bond donors (Lipinski definition) is 3. The van der Waals surface area contributed by atoms with E-state index in [9.17, 15) is 37.6 Å². The van der Waals surface area contributed by atoms with Gasteiger partial charge in [0.25, 0.3) is 0 Å². The first-order valence-corrected chi connectivity index (χ1v) is 12.1. The Balaban J connectivity index is 1.79. The molecule has 0 radical (unpaired) electrons. The Morgan fingerprint density at radius 3 is 2.36 bits per heavy atom. The zero-order valence-electron chi connectivity index (χ0n) is 21.2. The normalized spacial score (nSPS) is 28.8. The number of carbonyl (C=O) groups is 4. The van der Waals surface area contributed by atoms with Crippen LogP contribution in [-0.2, 0) is 19.2 Å². The van der Waals surface area contributed by atoms with Gasteiger partial charge in [-0.05, 0) is 42.4 Å². The summed E-state index contributed by atoms with van der Waals surface area (Å²) in [5, 5.41) is 16.9. The van der Waals surface area contributed by atoms with Crippen molar-refractivity contribution in [1.29, 1.82) is 5.26 Å². The zero-order valence-corrected chi connectivity index (χ0v) is 21.2. The topological polar surface area (TPSA) is 131 Å². The summed E-state index contributed by atoms with van der Waals surface area (Å²) in [7, 11) is 0. The number of nitrogens with one attached hydrogen (secondary N) is 3. The lowest BCUT2D eigenvalue weighted by atomic mass is 9.77. The van der Waals surface area contributed by atoms with Gasteiger partial charge in [-0.2, -0.15) is 18.4 Å². The molecular weight excluding hydrogens is 479 g/mol. The fraction of sp³-hybridized carbons (Fsp3) is 0.792. The number of rotatable bonds is 6. The van der Waals surface area contributed by atoms with Crippen LogP contribution in [0.5, 0.6) is 0 Å². The predicted octanol–water partition coefficient (Wildman–Crippen LogP) is 1.63. The summed E-state index contributed by atoms with van der Waals surface area (Å²) < 4.78 is 38.9. The lowest BCUT2D eigenvalue weighted by Crippen LogP contribution is -2.63. The highest BCUT2D eigenvalue weighted by Gasteiger charge is 2.54. The van der Waals surface area contributed by atoms with E-state index in [1.165, 1.54) is 25.7 Å². The lowest BCUT2D eigenvalue weighted by Gasteiger charge is -2.45. The van der Waals surface area contributed by atoms with Gasteiger partial charge in [0.05, 0.1) is 6.07 Å². The number of alkyl halides is 3. The molecule has 12 heteroatoms. The van der Waals surface area contributed by atoms with Gasteiger partial charge in [-0.1, -0.05) is 34.6 Å². The number of nitriles is 1. The molecule has 6 atom stereocenters. The quantitative estimate of drug-likeness (QED) is 0.497. The maximum absolute atomic E-state index is 13.5. The lowest BCUT2D eigenvalue weighted by molar-refractivity contribution is -0.176. The first-order chi connectivity index (χ1) is 16.4. The number of halogens is 3. The van der Waals surface area contributed by atoms with E-state index in [1.807, 2.05) is 19.9 Å². The summed E-state index contributed by atoms with van der Waals surface area (Å²) in [6.07, 6.45) is -3.45. The van der Waals surface area contributed by atoms with E-state index >= 15 is 0 Å². The summed E-state index contributed by atoms with van der Waals surface area (Å²) in [5.74, 6) is -3.99. The molecule has 4 amide bonds. The summed E-state index contributed by atoms with van der Waals surface area (Å²) in [5.41, 5.74) is -1.42. The first-order valence-electron chi connectivity index (χ1n) is 12.1. The van der Waals surface area contributed by atoms with E-state index in [2.05, 4.69) is 10.6 Å². The van der Waals surface area contributed by atoms with Crippen molar-refractivity contribution >= 4 is 23.6 Å². The van der Waals surface area contributed by atoms with E-state index < -0.39 is 47.4 Å². The number of hydrogen-bond acceptors (Lipinski definition) is 5.